The largest absolute Gasteiger partial charge is 0.416 e. The minimum absolute atomic E-state index is 0.102. The van der Waals surface area contributed by atoms with Crippen LogP contribution < -0.4 is 10.6 Å². The van der Waals surface area contributed by atoms with Crippen LogP contribution in [-0.4, -0.2) is 25.0 Å². The molecule has 0 saturated carbocycles. The van der Waals surface area contributed by atoms with Crippen LogP contribution in [0.25, 0.3) is 0 Å². The molecule has 6 heteroatoms. The van der Waals surface area contributed by atoms with Crippen LogP contribution in [0.2, 0.25) is 0 Å². The van der Waals surface area contributed by atoms with E-state index in [2.05, 4.69) is 10.6 Å². The van der Waals surface area contributed by atoms with Crippen LogP contribution in [0.3, 0.4) is 0 Å². The smallest absolute Gasteiger partial charge is 0.354 e. The molecule has 0 spiro atoms. The summed E-state index contributed by atoms with van der Waals surface area (Å²) in [6, 6.07) is 5.02. The van der Waals surface area contributed by atoms with E-state index in [1.165, 1.54) is 18.6 Å². The van der Waals surface area contributed by atoms with Crippen molar-refractivity contribution >= 4 is 5.91 Å². The van der Waals surface area contributed by atoms with Crippen LogP contribution in [0.1, 0.15) is 36.8 Å². The van der Waals surface area contributed by atoms with Crippen molar-refractivity contribution in [2.45, 2.75) is 44.3 Å². The van der Waals surface area contributed by atoms with Gasteiger partial charge < -0.3 is 10.6 Å². The maximum Gasteiger partial charge on any atom is 0.416 e. The van der Waals surface area contributed by atoms with E-state index in [-0.39, 0.29) is 12.3 Å². The van der Waals surface area contributed by atoms with Gasteiger partial charge in [0, 0.05) is 12.6 Å². The highest BCUT2D eigenvalue weighted by molar-refractivity contribution is 5.78. The van der Waals surface area contributed by atoms with Crippen molar-refractivity contribution in [3.63, 3.8) is 0 Å². The third-order valence-electron chi connectivity index (χ3n) is 3.85. The number of carbonyl (C=O) groups is 1. The van der Waals surface area contributed by atoms with Crippen molar-refractivity contribution in [3.05, 3.63) is 35.4 Å². The van der Waals surface area contributed by atoms with Gasteiger partial charge in [-0.3, -0.25) is 4.79 Å². The van der Waals surface area contributed by atoms with Crippen LogP contribution >= 0.6 is 0 Å². The molecule has 1 atom stereocenters. The Hall–Kier alpha value is -1.56. The van der Waals surface area contributed by atoms with E-state index in [1.54, 1.807) is 0 Å². The summed E-state index contributed by atoms with van der Waals surface area (Å²) in [4.78, 5) is 11.9. The molecular weight excluding hydrogens is 293 g/mol. The number of benzene rings is 1. The molecule has 0 bridgehead atoms. The zero-order valence-electron chi connectivity index (χ0n) is 12.4. The molecule has 1 heterocycles. The molecule has 1 saturated heterocycles. The van der Waals surface area contributed by atoms with E-state index in [9.17, 15) is 18.0 Å². The van der Waals surface area contributed by atoms with E-state index in [0.29, 0.717) is 18.2 Å². The molecule has 1 aromatic carbocycles. The summed E-state index contributed by atoms with van der Waals surface area (Å²) in [6.45, 7) is 1.54. The Kier molecular flexibility index (Phi) is 5.83. The first-order valence-corrected chi connectivity index (χ1v) is 7.61. The highest BCUT2D eigenvalue weighted by Gasteiger charge is 2.29. The third-order valence-corrected chi connectivity index (χ3v) is 3.85. The second kappa shape index (κ2) is 7.63. The van der Waals surface area contributed by atoms with E-state index >= 15 is 0 Å². The quantitative estimate of drug-likeness (QED) is 0.897. The minimum Gasteiger partial charge on any atom is -0.354 e. The average molecular weight is 314 g/mol. The van der Waals surface area contributed by atoms with Gasteiger partial charge in [-0.2, -0.15) is 13.2 Å². The molecule has 1 amide bonds. The molecule has 0 radical (unpaired) electrons. The zero-order chi connectivity index (χ0) is 16.0. The molecule has 2 N–H and O–H groups in total. The van der Waals surface area contributed by atoms with Crippen molar-refractivity contribution in [3.8, 4) is 0 Å². The molecule has 1 aromatic rings. The van der Waals surface area contributed by atoms with Gasteiger partial charge in [0.25, 0.3) is 0 Å². The highest BCUT2D eigenvalue weighted by Crippen LogP contribution is 2.29. The van der Waals surface area contributed by atoms with E-state index < -0.39 is 11.7 Å². The fourth-order valence-electron chi connectivity index (χ4n) is 2.57. The molecule has 0 aliphatic carbocycles. The number of amides is 1. The standard InChI is InChI=1S/C16H21F3N2O/c17-16(18,19)13-7-5-12(6-8-13)10-15(22)21-11-14-4-2-1-3-9-20-14/h5-8,14,20H,1-4,9-11H2,(H,21,22)/t14-/m0/s1. The van der Waals surface area contributed by atoms with Gasteiger partial charge in [0.05, 0.1) is 12.0 Å². The van der Waals surface area contributed by atoms with Crippen LogP contribution in [-0.2, 0) is 17.4 Å². The first kappa shape index (κ1) is 16.8. The number of hydrogen-bond donors (Lipinski definition) is 2. The summed E-state index contributed by atoms with van der Waals surface area (Å²) in [6.07, 6.45) is 0.336. The fraction of sp³-hybridized carbons (Fsp3) is 0.562. The molecule has 1 aliphatic heterocycles. The van der Waals surface area contributed by atoms with Crippen LogP contribution in [0.4, 0.5) is 13.2 Å². The normalized spacial score (nSPS) is 19.5. The van der Waals surface area contributed by atoms with Crippen molar-refractivity contribution in [1.29, 1.82) is 0 Å². The maximum atomic E-state index is 12.5. The Morgan fingerprint density at radius 3 is 2.59 bits per heavy atom. The lowest BCUT2D eigenvalue weighted by molar-refractivity contribution is -0.137. The number of halogens is 3. The van der Waals surface area contributed by atoms with Crippen LogP contribution in [0.5, 0.6) is 0 Å². The first-order valence-electron chi connectivity index (χ1n) is 7.61. The summed E-state index contributed by atoms with van der Waals surface area (Å²) >= 11 is 0. The lowest BCUT2D eigenvalue weighted by Crippen LogP contribution is -2.40. The summed E-state index contributed by atoms with van der Waals surface area (Å²) in [5, 5.41) is 6.23. The number of alkyl halides is 3. The summed E-state index contributed by atoms with van der Waals surface area (Å²) in [7, 11) is 0. The molecule has 1 aliphatic rings. The van der Waals surface area contributed by atoms with Gasteiger partial charge in [-0.15, -0.1) is 0 Å². The number of rotatable bonds is 4. The predicted molar refractivity (Wildman–Crippen MR) is 78.4 cm³/mol. The van der Waals surface area contributed by atoms with Crippen molar-refractivity contribution in [1.82, 2.24) is 10.6 Å². The molecule has 1 fully saturated rings. The molecule has 3 nitrogen and oxygen atoms in total. The Morgan fingerprint density at radius 1 is 1.18 bits per heavy atom. The second-order valence-electron chi connectivity index (χ2n) is 5.68. The van der Waals surface area contributed by atoms with Gasteiger partial charge in [-0.05, 0) is 37.1 Å². The summed E-state index contributed by atoms with van der Waals surface area (Å²) < 4.78 is 37.4. The molecule has 22 heavy (non-hydrogen) atoms. The van der Waals surface area contributed by atoms with E-state index in [1.807, 2.05) is 0 Å². The van der Waals surface area contributed by atoms with Crippen molar-refractivity contribution in [2.24, 2.45) is 0 Å². The minimum atomic E-state index is -4.34. The van der Waals surface area contributed by atoms with Gasteiger partial charge in [-0.25, -0.2) is 0 Å². The van der Waals surface area contributed by atoms with E-state index in [0.717, 1.165) is 37.9 Å². The molecule has 2 rings (SSSR count). The Bertz CT molecular complexity index is 477. The number of carbonyl (C=O) groups excluding carboxylic acids is 1. The fourth-order valence-corrected chi connectivity index (χ4v) is 2.57. The Balaban J connectivity index is 1.79. The van der Waals surface area contributed by atoms with Crippen LogP contribution in [0.15, 0.2) is 24.3 Å². The van der Waals surface area contributed by atoms with Crippen molar-refractivity contribution < 1.29 is 18.0 Å². The zero-order valence-corrected chi connectivity index (χ0v) is 12.4. The Morgan fingerprint density at radius 2 is 1.91 bits per heavy atom. The summed E-state index contributed by atoms with van der Waals surface area (Å²) in [5.74, 6) is -0.161. The van der Waals surface area contributed by atoms with E-state index in [4.69, 9.17) is 0 Å². The topological polar surface area (TPSA) is 41.1 Å². The molecule has 0 aromatic heterocycles. The SMILES string of the molecule is O=C(Cc1ccc(C(F)(F)F)cc1)NC[C@@H]1CCCCCN1. The lowest BCUT2D eigenvalue weighted by atomic mass is 10.1. The third kappa shape index (κ3) is 5.33. The van der Waals surface area contributed by atoms with Gasteiger partial charge in [0.1, 0.15) is 0 Å². The lowest BCUT2D eigenvalue weighted by Gasteiger charge is -2.16. The first-order chi connectivity index (χ1) is 10.4. The number of hydrogen-bond acceptors (Lipinski definition) is 2. The second-order valence-corrected chi connectivity index (χ2v) is 5.68. The van der Waals surface area contributed by atoms with Gasteiger partial charge >= 0.3 is 6.18 Å². The highest BCUT2D eigenvalue weighted by atomic mass is 19.4. The number of nitrogens with one attached hydrogen (secondary N) is 2. The van der Waals surface area contributed by atoms with Crippen LogP contribution in [0, 0.1) is 0 Å². The van der Waals surface area contributed by atoms with Gasteiger partial charge in [0.2, 0.25) is 5.91 Å². The van der Waals surface area contributed by atoms with Gasteiger partial charge in [-0.1, -0.05) is 25.0 Å². The molecular formula is C16H21F3N2O. The van der Waals surface area contributed by atoms with Gasteiger partial charge in [0.15, 0.2) is 0 Å². The maximum absolute atomic E-state index is 12.5. The van der Waals surface area contributed by atoms with Crippen molar-refractivity contribution in [2.75, 3.05) is 13.1 Å². The monoisotopic (exact) mass is 314 g/mol. The Labute approximate surface area is 128 Å². The molecule has 122 valence electrons. The summed E-state index contributed by atoms with van der Waals surface area (Å²) in [5.41, 5.74) is -0.112. The predicted octanol–water partition coefficient (Wildman–Crippen LogP) is 2.90. The molecule has 0 unspecified atom stereocenters. The average Bonchev–Trinajstić information content (AvgIpc) is 2.73.